The number of nitrogens with one attached hydrogen (secondary N) is 11. The molecule has 0 rings (SSSR count). The zero-order valence-electron chi connectivity index (χ0n) is 46.9. The first-order chi connectivity index (χ1) is 37.3. The van der Waals surface area contributed by atoms with Crippen molar-refractivity contribution in [1.82, 2.24) is 53.2 Å². The van der Waals surface area contributed by atoms with Crippen LogP contribution in [0.15, 0.2) is 0 Å². The number of guanidine groups is 1. The number of carbonyl (C=O) groups excluding carboxylic acids is 10. The third-order valence-electron chi connectivity index (χ3n) is 13.1. The SMILES string of the molecule is CC[C@H](C)[C@H](NC(=O)[C@H](CC(N)=O)NC(=O)[C@@H](N)CCCNC(=N)N)C(=O)N[C@@H](C)C(=O)N[C@@H](CCC(=O)O)C(=O)N[C@H](C(=O)N[C@H](C(=O)N[C@@H](CCCCN)C(=O)N[C@@H](CC(=O)O)C(=O)N[C@@H](C)C(=O)O)[C@@H](C)CC)[C@@H](C)CC. The van der Waals surface area contributed by atoms with Crippen LogP contribution in [0, 0.1) is 23.2 Å². The Kier molecular flexibility index (Phi) is 33.6. The minimum absolute atomic E-state index is 0.0734. The number of carboxylic acid groups (broad SMARTS) is 3. The molecular weight excluding hydrogens is 1050 g/mol. The van der Waals surface area contributed by atoms with Gasteiger partial charge >= 0.3 is 17.9 Å². The molecule has 0 aliphatic rings. The van der Waals surface area contributed by atoms with Gasteiger partial charge < -0.3 is 91.4 Å². The minimum atomic E-state index is -1.77. The lowest BCUT2D eigenvalue weighted by atomic mass is 9.94. The van der Waals surface area contributed by atoms with Gasteiger partial charge in [0.2, 0.25) is 59.1 Å². The van der Waals surface area contributed by atoms with E-state index in [1.54, 1.807) is 41.5 Å². The minimum Gasteiger partial charge on any atom is -0.481 e. The largest absolute Gasteiger partial charge is 0.481 e. The first kappa shape index (κ1) is 72.3. The lowest BCUT2D eigenvalue weighted by molar-refractivity contribution is -0.143. The van der Waals surface area contributed by atoms with Crippen LogP contribution in [0.2, 0.25) is 0 Å². The van der Waals surface area contributed by atoms with E-state index < -0.39 is 181 Å². The van der Waals surface area contributed by atoms with Crippen LogP contribution in [-0.4, -0.2) is 172 Å². The van der Waals surface area contributed by atoms with Gasteiger partial charge in [-0.1, -0.05) is 60.8 Å². The molecule has 0 radical (unpaired) electrons. The molecule has 0 spiro atoms. The number of carboxylic acids is 3. The van der Waals surface area contributed by atoms with Crippen molar-refractivity contribution in [2.75, 3.05) is 13.1 Å². The molecule has 80 heavy (non-hydrogen) atoms. The van der Waals surface area contributed by atoms with Crippen molar-refractivity contribution in [2.45, 2.75) is 193 Å². The second kappa shape index (κ2) is 37.2. The maximum Gasteiger partial charge on any atom is 0.325 e. The van der Waals surface area contributed by atoms with Crippen molar-refractivity contribution in [3.05, 3.63) is 0 Å². The molecule has 0 saturated carbocycles. The Bertz CT molecular complexity index is 2170. The summed E-state index contributed by atoms with van der Waals surface area (Å²) in [6.07, 6.45) is -1.02. The predicted octanol–water partition coefficient (Wildman–Crippen LogP) is -4.45. The molecule has 31 nitrogen and oxygen atoms in total. The highest BCUT2D eigenvalue weighted by Gasteiger charge is 2.38. The molecule has 0 bridgehead atoms. The number of rotatable bonds is 40. The van der Waals surface area contributed by atoms with E-state index in [1.807, 2.05) is 0 Å². The maximum absolute atomic E-state index is 14.2. The van der Waals surface area contributed by atoms with E-state index in [1.165, 1.54) is 6.92 Å². The van der Waals surface area contributed by atoms with Gasteiger partial charge in [-0.05, 0) is 76.7 Å². The third-order valence-corrected chi connectivity index (χ3v) is 13.1. The summed E-state index contributed by atoms with van der Waals surface area (Å²) in [5.41, 5.74) is 22.2. The van der Waals surface area contributed by atoms with Crippen LogP contribution in [0.4, 0.5) is 0 Å². The summed E-state index contributed by atoms with van der Waals surface area (Å²) in [6.45, 7) is 12.6. The van der Waals surface area contributed by atoms with Crippen molar-refractivity contribution in [1.29, 1.82) is 5.41 Å². The number of hydrogen-bond acceptors (Lipinski definition) is 16. The van der Waals surface area contributed by atoms with Gasteiger partial charge in [-0.3, -0.25) is 67.7 Å². The fourth-order valence-electron chi connectivity index (χ4n) is 7.48. The summed E-state index contributed by atoms with van der Waals surface area (Å²) in [4.78, 5) is 170. The first-order valence-electron chi connectivity index (χ1n) is 26.6. The molecule has 0 heterocycles. The Labute approximate surface area is 464 Å². The summed E-state index contributed by atoms with van der Waals surface area (Å²) in [5.74, 6) is -16.2. The molecule has 31 heteroatoms. The van der Waals surface area contributed by atoms with E-state index in [4.69, 9.17) is 28.3 Å². The van der Waals surface area contributed by atoms with Crippen molar-refractivity contribution < 1.29 is 77.6 Å². The van der Waals surface area contributed by atoms with Gasteiger partial charge in [-0.2, -0.15) is 0 Å². The number of hydrogen-bond donors (Lipinski definition) is 18. The van der Waals surface area contributed by atoms with Crippen LogP contribution in [0.25, 0.3) is 0 Å². The highest BCUT2D eigenvalue weighted by atomic mass is 16.4. The number of aliphatic carboxylic acids is 3. The molecular formula is C49H87N15O16. The van der Waals surface area contributed by atoms with Crippen molar-refractivity contribution in [3.63, 3.8) is 0 Å². The van der Waals surface area contributed by atoms with Gasteiger partial charge in [0, 0.05) is 13.0 Å². The number of carbonyl (C=O) groups is 13. The van der Waals surface area contributed by atoms with Gasteiger partial charge in [-0.25, -0.2) is 0 Å². The highest BCUT2D eigenvalue weighted by molar-refractivity contribution is 5.99. The van der Waals surface area contributed by atoms with Gasteiger partial charge in [-0.15, -0.1) is 0 Å². The number of nitrogens with two attached hydrogens (primary N) is 4. The second-order valence-electron chi connectivity index (χ2n) is 19.7. The molecule has 0 unspecified atom stereocenters. The molecule has 0 aromatic heterocycles. The second-order valence-corrected chi connectivity index (χ2v) is 19.7. The van der Waals surface area contributed by atoms with Gasteiger partial charge in [0.25, 0.3) is 0 Å². The summed E-state index contributed by atoms with van der Waals surface area (Å²) in [6, 6.07) is -14.7. The van der Waals surface area contributed by atoms with Gasteiger partial charge in [0.1, 0.15) is 54.4 Å². The van der Waals surface area contributed by atoms with Crippen molar-refractivity contribution in [3.8, 4) is 0 Å². The van der Waals surface area contributed by atoms with E-state index in [2.05, 4.69) is 53.2 Å². The lowest BCUT2D eigenvalue weighted by Gasteiger charge is -2.31. The predicted molar refractivity (Wildman–Crippen MR) is 288 cm³/mol. The molecule has 0 aromatic rings. The average molecular weight is 1140 g/mol. The number of primary amides is 1. The van der Waals surface area contributed by atoms with Gasteiger partial charge in [0.05, 0.1) is 18.9 Å². The maximum atomic E-state index is 14.2. The topological polar surface area (TPSA) is 531 Å². The Morgan fingerprint density at radius 2 is 0.850 bits per heavy atom. The molecule has 0 aromatic carbocycles. The standard InChI is InChI=1S/C49H87N15O16/c1-9-23(4)36(63-44(75)31(21-33(52)65)60-40(71)28(51)15-14-20-55-49(53)54)45(76)56-26(7)39(70)58-30(17-18-34(66)67)42(73)62-38(25(6)11-3)47(78)64-37(24(5)10-2)46(77)59-29(16-12-13-19-50)41(72)61-32(22-35(68)69)43(74)57-27(8)48(79)80/h23-32,36-38H,9-22,50-51H2,1-8H3,(H2,52,65)(H,56,76)(H,57,74)(H,58,70)(H,59,77)(H,60,71)(H,61,72)(H,62,73)(H,63,75)(H,64,78)(H,66,67)(H,68,69)(H,79,80)(H4,53,54,55)/t23-,24-,25-,26-,27-,28-,29-,30-,31-,32-,36-,37-,38-/m0/s1. The summed E-state index contributed by atoms with van der Waals surface area (Å²) in [7, 11) is 0. The van der Waals surface area contributed by atoms with Gasteiger partial charge in [0.15, 0.2) is 5.96 Å². The van der Waals surface area contributed by atoms with Crippen LogP contribution in [-0.2, 0) is 62.3 Å². The van der Waals surface area contributed by atoms with Crippen LogP contribution < -0.4 is 76.1 Å². The molecule has 0 aliphatic carbocycles. The zero-order valence-corrected chi connectivity index (χ0v) is 46.9. The summed E-state index contributed by atoms with van der Waals surface area (Å²) in [5, 5.41) is 59.9. The fraction of sp³-hybridized carbons (Fsp3) is 0.714. The first-order valence-corrected chi connectivity index (χ1v) is 26.6. The van der Waals surface area contributed by atoms with Crippen LogP contribution in [0.1, 0.15) is 132 Å². The summed E-state index contributed by atoms with van der Waals surface area (Å²) >= 11 is 0. The molecule has 454 valence electrons. The molecule has 10 amide bonds. The monoisotopic (exact) mass is 1140 g/mol. The van der Waals surface area contributed by atoms with Crippen LogP contribution in [0.3, 0.4) is 0 Å². The van der Waals surface area contributed by atoms with E-state index in [0.29, 0.717) is 19.3 Å². The molecule has 13 atom stereocenters. The van der Waals surface area contributed by atoms with E-state index in [9.17, 15) is 77.6 Å². The molecule has 0 aliphatic heterocycles. The third kappa shape index (κ3) is 27.3. The Balaban J connectivity index is 6.61. The highest BCUT2D eigenvalue weighted by Crippen LogP contribution is 2.15. The number of amides is 10. The Morgan fingerprint density at radius 3 is 1.31 bits per heavy atom. The summed E-state index contributed by atoms with van der Waals surface area (Å²) < 4.78 is 0. The number of unbranched alkanes of at least 4 members (excludes halogenated alkanes) is 1. The van der Waals surface area contributed by atoms with Crippen molar-refractivity contribution >= 4 is 82.9 Å². The lowest BCUT2D eigenvalue weighted by Crippen LogP contribution is -2.62. The molecule has 0 fully saturated rings. The van der Waals surface area contributed by atoms with E-state index in [0.717, 1.165) is 6.92 Å². The molecule has 22 N–H and O–H groups in total. The molecule has 0 saturated heterocycles. The smallest absolute Gasteiger partial charge is 0.325 e. The van der Waals surface area contributed by atoms with Crippen LogP contribution in [0.5, 0.6) is 0 Å². The average Bonchev–Trinajstić information content (AvgIpc) is 3.38. The fourth-order valence-corrected chi connectivity index (χ4v) is 7.48. The van der Waals surface area contributed by atoms with E-state index in [-0.39, 0.29) is 51.2 Å². The van der Waals surface area contributed by atoms with Crippen molar-refractivity contribution in [2.24, 2.45) is 40.7 Å². The Hall–Kier alpha value is -7.70. The zero-order chi connectivity index (χ0) is 61.6. The normalized spacial score (nSPS) is 15.9. The Morgan fingerprint density at radius 1 is 0.450 bits per heavy atom. The van der Waals surface area contributed by atoms with Crippen LogP contribution >= 0.6 is 0 Å². The quantitative estimate of drug-likeness (QED) is 0.0156. The van der Waals surface area contributed by atoms with E-state index >= 15 is 0 Å².